The largest absolute Gasteiger partial charge is 0.494 e. The van der Waals surface area contributed by atoms with E-state index in [0.717, 1.165) is 59.6 Å². The minimum Gasteiger partial charge on any atom is -0.494 e. The van der Waals surface area contributed by atoms with Crippen molar-refractivity contribution in [1.29, 1.82) is 0 Å². The van der Waals surface area contributed by atoms with Gasteiger partial charge in [-0.25, -0.2) is 4.98 Å². The Labute approximate surface area is 262 Å². The number of aromatic nitrogens is 5. The van der Waals surface area contributed by atoms with E-state index >= 15 is 0 Å². The molecule has 2 N–H and O–H groups in total. The molecule has 45 heavy (non-hydrogen) atoms. The third-order valence-corrected chi connectivity index (χ3v) is 10.4. The van der Waals surface area contributed by atoms with E-state index in [9.17, 15) is 4.79 Å². The number of hydrogen-bond donors (Lipinski definition) is 1. The Hall–Kier alpha value is -4.15. The number of imidazole rings is 1. The lowest BCUT2D eigenvalue weighted by atomic mass is 10.1. The molecule has 0 radical (unpaired) electrons. The van der Waals surface area contributed by atoms with Crippen molar-refractivity contribution in [3.05, 3.63) is 65.5 Å². The molecule has 2 aliphatic carbocycles. The standard InChI is InChI=1S/C35H41N7O3/c1-20(44-3)23-7-8-24-13-30(40(29(24)12-23)17-21-5-6-21)34-38-27-11-26(35(43)41-19-25-9-10-28(41)32(25)36)14-31(45-4)33(27)42(34)18-22-15-37-39(2)16-22/h7-8,11-16,20-21,25,28,32H,5-6,9-10,17-19,36H2,1-4H3. The molecule has 1 amide bonds. The maximum atomic E-state index is 13.9. The summed E-state index contributed by atoms with van der Waals surface area (Å²) in [5.74, 6) is 2.52. The molecule has 8 rings (SSSR count). The van der Waals surface area contributed by atoms with Gasteiger partial charge in [0.25, 0.3) is 5.91 Å². The van der Waals surface area contributed by atoms with E-state index in [2.05, 4.69) is 45.4 Å². The van der Waals surface area contributed by atoms with Gasteiger partial charge in [0, 0.05) is 67.6 Å². The van der Waals surface area contributed by atoms with Crippen molar-refractivity contribution in [1.82, 2.24) is 28.8 Å². The van der Waals surface area contributed by atoms with Crippen LogP contribution >= 0.6 is 0 Å². The Morgan fingerprint density at radius 1 is 1.09 bits per heavy atom. The first-order chi connectivity index (χ1) is 21.8. The van der Waals surface area contributed by atoms with Gasteiger partial charge >= 0.3 is 0 Å². The first-order valence-electron chi connectivity index (χ1n) is 16.1. The van der Waals surface area contributed by atoms with Crippen molar-refractivity contribution in [2.45, 2.75) is 63.9 Å². The number of carbonyl (C=O) groups is 1. The van der Waals surface area contributed by atoms with Crippen LogP contribution in [0.2, 0.25) is 0 Å². The molecule has 234 valence electrons. The van der Waals surface area contributed by atoms with Crippen molar-refractivity contribution in [3.8, 4) is 17.3 Å². The molecule has 1 saturated heterocycles. The fourth-order valence-electron chi connectivity index (χ4n) is 7.64. The van der Waals surface area contributed by atoms with Crippen LogP contribution in [-0.2, 0) is 24.9 Å². The zero-order valence-corrected chi connectivity index (χ0v) is 26.4. The summed E-state index contributed by atoms with van der Waals surface area (Å²) in [6, 6.07) is 12.8. The molecule has 4 heterocycles. The number of likely N-dealkylation sites (tertiary alicyclic amines) is 1. The molecule has 3 aliphatic rings. The van der Waals surface area contributed by atoms with Gasteiger partial charge in [0.1, 0.15) is 11.3 Å². The van der Waals surface area contributed by atoms with Gasteiger partial charge in [0.15, 0.2) is 5.82 Å². The van der Waals surface area contributed by atoms with Crippen LogP contribution < -0.4 is 10.5 Å². The smallest absolute Gasteiger partial charge is 0.254 e. The number of carbonyl (C=O) groups excluding carboxylic acids is 1. The number of nitrogens with two attached hydrogens (primary N) is 1. The summed E-state index contributed by atoms with van der Waals surface area (Å²) in [5.41, 5.74) is 13.1. The summed E-state index contributed by atoms with van der Waals surface area (Å²) in [6.45, 7) is 4.29. The highest BCUT2D eigenvalue weighted by atomic mass is 16.5. The zero-order chi connectivity index (χ0) is 31.0. The molecule has 10 nitrogen and oxygen atoms in total. The lowest BCUT2D eigenvalue weighted by molar-refractivity contribution is 0.0700. The van der Waals surface area contributed by atoms with Crippen LogP contribution in [0.1, 0.15) is 60.2 Å². The molecule has 2 saturated carbocycles. The average molecular weight is 608 g/mol. The number of methoxy groups -OCH3 is 2. The second-order valence-electron chi connectivity index (χ2n) is 13.3. The monoisotopic (exact) mass is 607 g/mol. The number of amides is 1. The van der Waals surface area contributed by atoms with Crippen LogP contribution in [0.25, 0.3) is 33.5 Å². The van der Waals surface area contributed by atoms with Crippen molar-refractivity contribution in [2.75, 3.05) is 20.8 Å². The van der Waals surface area contributed by atoms with E-state index in [0.29, 0.717) is 29.7 Å². The molecule has 2 aromatic carbocycles. The van der Waals surface area contributed by atoms with E-state index < -0.39 is 0 Å². The topological polar surface area (TPSA) is 105 Å². The SMILES string of the molecule is COc1cc(C(=O)N2CC3CCC2C3N)cc2nc(-c3cc4ccc(C(C)OC)cc4n3CC3CC3)n(Cc3cnn(C)c3)c12. The van der Waals surface area contributed by atoms with Crippen LogP contribution in [0.5, 0.6) is 5.75 Å². The van der Waals surface area contributed by atoms with Gasteiger partial charge in [0.2, 0.25) is 0 Å². The molecular weight excluding hydrogens is 566 g/mol. The van der Waals surface area contributed by atoms with E-state index in [1.54, 1.807) is 14.2 Å². The quantitative estimate of drug-likeness (QED) is 0.249. The molecule has 3 fully saturated rings. The Morgan fingerprint density at radius 2 is 1.93 bits per heavy atom. The molecular formula is C35H41N7O3. The number of aryl methyl sites for hydroxylation is 1. The fraction of sp³-hybridized carbons (Fsp3) is 0.457. The van der Waals surface area contributed by atoms with Crippen LogP contribution in [0.3, 0.4) is 0 Å². The number of piperidine rings is 1. The molecule has 2 bridgehead atoms. The van der Waals surface area contributed by atoms with Crippen LogP contribution in [0, 0.1) is 11.8 Å². The number of benzene rings is 2. The number of nitrogens with zero attached hydrogens (tertiary/aromatic N) is 6. The molecule has 10 heteroatoms. The highest BCUT2D eigenvalue weighted by Gasteiger charge is 2.47. The number of ether oxygens (including phenoxy) is 2. The normalized spacial score (nSPS) is 21.8. The summed E-state index contributed by atoms with van der Waals surface area (Å²) in [4.78, 5) is 21.2. The highest BCUT2D eigenvalue weighted by Crippen LogP contribution is 2.41. The molecule has 1 aliphatic heterocycles. The van der Waals surface area contributed by atoms with Crippen molar-refractivity contribution in [2.24, 2.45) is 24.6 Å². The van der Waals surface area contributed by atoms with Gasteiger partial charge in [-0.1, -0.05) is 12.1 Å². The van der Waals surface area contributed by atoms with E-state index in [1.165, 1.54) is 23.7 Å². The predicted molar refractivity (Wildman–Crippen MR) is 173 cm³/mol. The van der Waals surface area contributed by atoms with Gasteiger partial charge in [-0.15, -0.1) is 0 Å². The maximum Gasteiger partial charge on any atom is 0.254 e. The van der Waals surface area contributed by atoms with E-state index in [-0.39, 0.29) is 24.1 Å². The summed E-state index contributed by atoms with van der Waals surface area (Å²) >= 11 is 0. The first kappa shape index (κ1) is 28.3. The summed E-state index contributed by atoms with van der Waals surface area (Å²) in [6.07, 6.45) is 8.46. The Kier molecular flexibility index (Phi) is 6.76. The molecule has 4 atom stereocenters. The average Bonchev–Trinajstić information content (AvgIpc) is 3.30. The molecule has 0 spiro atoms. The fourth-order valence-corrected chi connectivity index (χ4v) is 7.64. The second-order valence-corrected chi connectivity index (χ2v) is 13.3. The molecule has 5 aromatic rings. The first-order valence-corrected chi connectivity index (χ1v) is 16.1. The Balaban J connectivity index is 1.31. The van der Waals surface area contributed by atoms with Crippen LogP contribution in [0.4, 0.5) is 0 Å². The van der Waals surface area contributed by atoms with Crippen LogP contribution in [0.15, 0.2) is 48.8 Å². The van der Waals surface area contributed by atoms with Crippen molar-refractivity contribution >= 4 is 27.8 Å². The van der Waals surface area contributed by atoms with Gasteiger partial charge in [-0.3, -0.25) is 9.48 Å². The van der Waals surface area contributed by atoms with E-state index in [4.69, 9.17) is 20.2 Å². The minimum atomic E-state index is -0.00197. The van der Waals surface area contributed by atoms with Gasteiger partial charge in [-0.2, -0.15) is 5.10 Å². The number of rotatable bonds is 9. The van der Waals surface area contributed by atoms with Crippen LogP contribution in [-0.4, -0.2) is 67.6 Å². The minimum absolute atomic E-state index is 0.00197. The second kappa shape index (κ2) is 10.7. The number of hydrogen-bond acceptors (Lipinski definition) is 6. The third-order valence-electron chi connectivity index (χ3n) is 10.4. The van der Waals surface area contributed by atoms with Crippen molar-refractivity contribution < 1.29 is 14.3 Å². The van der Waals surface area contributed by atoms with E-state index in [1.807, 2.05) is 41.2 Å². The molecule has 4 unspecified atom stereocenters. The molecule has 3 aromatic heterocycles. The van der Waals surface area contributed by atoms with Crippen molar-refractivity contribution in [3.63, 3.8) is 0 Å². The maximum absolute atomic E-state index is 13.9. The van der Waals surface area contributed by atoms with Gasteiger partial charge in [-0.05, 0) is 74.3 Å². The lowest BCUT2D eigenvalue weighted by Gasteiger charge is -2.27. The number of fused-ring (bicyclic) bond motifs is 4. The highest BCUT2D eigenvalue weighted by molar-refractivity contribution is 6.00. The third kappa shape index (κ3) is 4.73. The Morgan fingerprint density at radius 3 is 2.60 bits per heavy atom. The van der Waals surface area contributed by atoms with Gasteiger partial charge < -0.3 is 29.2 Å². The predicted octanol–water partition coefficient (Wildman–Crippen LogP) is 5.13. The summed E-state index contributed by atoms with van der Waals surface area (Å²) in [5, 5.41) is 5.60. The summed E-state index contributed by atoms with van der Waals surface area (Å²) in [7, 11) is 5.34. The lowest BCUT2D eigenvalue weighted by Crippen LogP contribution is -2.41. The summed E-state index contributed by atoms with van der Waals surface area (Å²) < 4.78 is 18.2. The zero-order valence-electron chi connectivity index (χ0n) is 26.4. The van der Waals surface area contributed by atoms with Gasteiger partial charge in [0.05, 0.1) is 37.2 Å². The Bertz CT molecular complexity index is 1930.